The molecule has 0 spiro atoms. The molecule has 1 aromatic carbocycles. The van der Waals surface area contributed by atoms with Gasteiger partial charge in [-0.25, -0.2) is 4.79 Å². The number of esters is 1. The Morgan fingerprint density at radius 3 is 2.80 bits per heavy atom. The van der Waals surface area contributed by atoms with Gasteiger partial charge in [-0.3, -0.25) is 4.90 Å². The number of fused-ring (bicyclic) bond motifs is 2. The maximum absolute atomic E-state index is 12.2. The van der Waals surface area contributed by atoms with Crippen molar-refractivity contribution in [2.24, 2.45) is 5.92 Å². The van der Waals surface area contributed by atoms with E-state index in [-0.39, 0.29) is 18.0 Å². The highest BCUT2D eigenvalue weighted by Gasteiger charge is 2.46. The Hall–Kier alpha value is -1.06. The van der Waals surface area contributed by atoms with Crippen molar-refractivity contribution in [3.63, 3.8) is 0 Å². The molecule has 1 unspecified atom stereocenters. The fourth-order valence-electron chi connectivity index (χ4n) is 3.65. The number of alkyl halides is 1. The number of hydrogen-bond donors (Lipinski definition) is 0. The van der Waals surface area contributed by atoms with Gasteiger partial charge in [-0.05, 0) is 32.0 Å². The van der Waals surface area contributed by atoms with Gasteiger partial charge in [-0.1, -0.05) is 18.2 Å². The van der Waals surface area contributed by atoms with Gasteiger partial charge in [0, 0.05) is 30.3 Å². The highest BCUT2D eigenvalue weighted by Crippen LogP contribution is 2.40. The minimum absolute atomic E-state index is 0.0473. The molecule has 4 atom stereocenters. The van der Waals surface area contributed by atoms with Crippen molar-refractivity contribution in [2.75, 3.05) is 12.9 Å². The molecule has 0 radical (unpaired) electrons. The summed E-state index contributed by atoms with van der Waals surface area (Å²) in [5, 5.41) is 0. The van der Waals surface area contributed by atoms with Crippen LogP contribution in [0.25, 0.3) is 0 Å². The van der Waals surface area contributed by atoms with Crippen LogP contribution in [-0.2, 0) is 4.74 Å². The van der Waals surface area contributed by atoms with Crippen molar-refractivity contribution in [2.45, 2.75) is 37.5 Å². The monoisotopic (exact) mass is 293 g/mol. The van der Waals surface area contributed by atoms with E-state index in [0.717, 1.165) is 12.8 Å². The third kappa shape index (κ3) is 2.45. The van der Waals surface area contributed by atoms with Crippen molar-refractivity contribution in [1.29, 1.82) is 0 Å². The van der Waals surface area contributed by atoms with Crippen molar-refractivity contribution in [3.05, 3.63) is 35.9 Å². The average molecular weight is 294 g/mol. The van der Waals surface area contributed by atoms with Crippen molar-refractivity contribution < 1.29 is 9.53 Å². The second-order valence-electron chi connectivity index (χ2n) is 5.83. The van der Waals surface area contributed by atoms with E-state index in [1.54, 1.807) is 12.1 Å². The number of hydrogen-bond acceptors (Lipinski definition) is 3. The standard InChI is InChI=1S/C16H20ClNO2/c1-18-12-7-8-14(18)13(10-17)15(9-12)20-16(19)11-5-3-2-4-6-11/h2-6,12-15H,7-10H2,1H3/t12-,13-,14?,15+/m1/s1. The molecular formula is C16H20ClNO2. The smallest absolute Gasteiger partial charge is 0.338 e. The van der Waals surface area contributed by atoms with Crippen LogP contribution in [0.2, 0.25) is 0 Å². The molecule has 2 fully saturated rings. The molecule has 4 heteroatoms. The number of benzene rings is 1. The zero-order chi connectivity index (χ0) is 14.1. The fraction of sp³-hybridized carbons (Fsp3) is 0.562. The van der Waals surface area contributed by atoms with E-state index in [1.165, 1.54) is 6.42 Å². The van der Waals surface area contributed by atoms with Crippen molar-refractivity contribution in [1.82, 2.24) is 4.90 Å². The molecule has 3 rings (SSSR count). The maximum atomic E-state index is 12.2. The number of carbonyl (C=O) groups is 1. The predicted molar refractivity (Wildman–Crippen MR) is 79.0 cm³/mol. The first-order valence-electron chi connectivity index (χ1n) is 7.24. The highest BCUT2D eigenvalue weighted by molar-refractivity contribution is 6.18. The highest BCUT2D eigenvalue weighted by atomic mass is 35.5. The number of halogens is 1. The van der Waals surface area contributed by atoms with E-state index in [0.29, 0.717) is 23.5 Å². The van der Waals surface area contributed by atoms with Crippen LogP contribution in [0, 0.1) is 5.92 Å². The van der Waals surface area contributed by atoms with Gasteiger partial charge < -0.3 is 4.74 Å². The Kier molecular flexibility index (Phi) is 3.99. The quantitative estimate of drug-likeness (QED) is 0.634. The molecular weight excluding hydrogens is 274 g/mol. The molecule has 20 heavy (non-hydrogen) atoms. The predicted octanol–water partition coefficient (Wildman–Crippen LogP) is 2.93. The van der Waals surface area contributed by atoms with Crippen LogP contribution in [0.5, 0.6) is 0 Å². The van der Waals surface area contributed by atoms with E-state index in [4.69, 9.17) is 16.3 Å². The minimum Gasteiger partial charge on any atom is -0.458 e. The van der Waals surface area contributed by atoms with Gasteiger partial charge in [0.05, 0.1) is 5.56 Å². The zero-order valence-corrected chi connectivity index (χ0v) is 12.4. The number of nitrogens with zero attached hydrogens (tertiary/aromatic N) is 1. The zero-order valence-electron chi connectivity index (χ0n) is 11.7. The SMILES string of the molecule is CN1C2CC[C@@H]1C[C@H](OC(=O)c1ccccc1)[C@@H]2CCl. The van der Waals surface area contributed by atoms with E-state index >= 15 is 0 Å². The van der Waals surface area contributed by atoms with Gasteiger partial charge in [0.2, 0.25) is 0 Å². The summed E-state index contributed by atoms with van der Waals surface area (Å²) in [5.74, 6) is 0.566. The molecule has 0 aromatic heterocycles. The molecule has 0 saturated carbocycles. The van der Waals surface area contributed by atoms with Gasteiger partial charge >= 0.3 is 5.97 Å². The summed E-state index contributed by atoms with van der Waals surface area (Å²) in [6.45, 7) is 0. The van der Waals surface area contributed by atoms with Crippen LogP contribution in [0.4, 0.5) is 0 Å². The number of carbonyl (C=O) groups excluding carboxylic acids is 1. The largest absolute Gasteiger partial charge is 0.458 e. The van der Waals surface area contributed by atoms with Crippen LogP contribution < -0.4 is 0 Å². The fourth-order valence-corrected chi connectivity index (χ4v) is 4.05. The maximum Gasteiger partial charge on any atom is 0.338 e. The summed E-state index contributed by atoms with van der Waals surface area (Å²) in [5.41, 5.74) is 0.618. The van der Waals surface area contributed by atoms with Gasteiger partial charge in [0.15, 0.2) is 0 Å². The summed E-state index contributed by atoms with van der Waals surface area (Å²) < 4.78 is 5.76. The van der Waals surface area contributed by atoms with Crippen LogP contribution >= 0.6 is 11.6 Å². The van der Waals surface area contributed by atoms with Crippen LogP contribution in [-0.4, -0.2) is 42.0 Å². The Morgan fingerprint density at radius 2 is 2.10 bits per heavy atom. The van der Waals surface area contributed by atoms with E-state index in [1.807, 2.05) is 18.2 Å². The molecule has 2 aliphatic heterocycles. The molecule has 2 aliphatic rings. The number of rotatable bonds is 3. The summed E-state index contributed by atoms with van der Waals surface area (Å²) >= 11 is 6.14. The molecule has 1 aromatic rings. The summed E-state index contributed by atoms with van der Waals surface area (Å²) in [6.07, 6.45) is 3.21. The summed E-state index contributed by atoms with van der Waals surface area (Å²) in [4.78, 5) is 14.6. The van der Waals surface area contributed by atoms with E-state index in [2.05, 4.69) is 11.9 Å². The third-order valence-corrected chi connectivity index (χ3v) is 5.17. The van der Waals surface area contributed by atoms with Crippen LogP contribution in [0.15, 0.2) is 30.3 Å². The third-order valence-electron chi connectivity index (χ3n) is 4.82. The molecule has 0 aliphatic carbocycles. The summed E-state index contributed by atoms with van der Waals surface area (Å²) in [7, 11) is 2.16. The van der Waals surface area contributed by atoms with Crippen molar-refractivity contribution in [3.8, 4) is 0 Å². The average Bonchev–Trinajstić information content (AvgIpc) is 2.73. The Bertz CT molecular complexity index is 479. The Morgan fingerprint density at radius 1 is 1.35 bits per heavy atom. The summed E-state index contributed by atoms with van der Waals surface area (Å²) in [6, 6.07) is 10.2. The van der Waals surface area contributed by atoms with Crippen molar-refractivity contribution >= 4 is 17.6 Å². The lowest BCUT2D eigenvalue weighted by atomic mass is 9.89. The molecule has 0 N–H and O–H groups in total. The normalized spacial score (nSPS) is 33.1. The Balaban J connectivity index is 1.72. The number of piperidine rings is 1. The molecule has 2 bridgehead atoms. The molecule has 2 heterocycles. The molecule has 0 amide bonds. The van der Waals surface area contributed by atoms with Gasteiger partial charge in [0.25, 0.3) is 0 Å². The topological polar surface area (TPSA) is 29.5 Å². The van der Waals surface area contributed by atoms with E-state index in [9.17, 15) is 4.79 Å². The lowest BCUT2D eigenvalue weighted by Crippen LogP contribution is -2.51. The molecule has 108 valence electrons. The van der Waals surface area contributed by atoms with Crippen LogP contribution in [0.1, 0.15) is 29.6 Å². The lowest BCUT2D eigenvalue weighted by Gasteiger charge is -2.41. The van der Waals surface area contributed by atoms with Gasteiger partial charge in [-0.2, -0.15) is 0 Å². The second kappa shape index (κ2) is 5.74. The lowest BCUT2D eigenvalue weighted by molar-refractivity contribution is -0.0276. The van der Waals surface area contributed by atoms with E-state index < -0.39 is 0 Å². The first-order chi connectivity index (χ1) is 9.70. The van der Waals surface area contributed by atoms with Gasteiger partial charge in [-0.15, -0.1) is 11.6 Å². The Labute approximate surface area is 124 Å². The second-order valence-corrected chi connectivity index (χ2v) is 6.14. The first kappa shape index (κ1) is 13.9. The molecule has 2 saturated heterocycles. The molecule has 3 nitrogen and oxygen atoms in total. The first-order valence-corrected chi connectivity index (χ1v) is 7.78. The van der Waals surface area contributed by atoms with Gasteiger partial charge in [0.1, 0.15) is 6.10 Å². The minimum atomic E-state index is -0.227. The van der Waals surface area contributed by atoms with Crippen LogP contribution in [0.3, 0.4) is 0 Å². The number of ether oxygens (including phenoxy) is 1.